The van der Waals surface area contributed by atoms with E-state index in [2.05, 4.69) is 31.6 Å². The fourth-order valence-corrected chi connectivity index (χ4v) is 4.15. The highest BCUT2D eigenvalue weighted by atomic mass is 32.1. The molecule has 0 atom stereocenters. The monoisotopic (exact) mass is 434 g/mol. The Balaban J connectivity index is 1.28. The third kappa shape index (κ3) is 4.13. The third-order valence-corrected chi connectivity index (χ3v) is 5.94. The molecule has 0 radical (unpaired) electrons. The van der Waals surface area contributed by atoms with E-state index in [-0.39, 0.29) is 24.0 Å². The summed E-state index contributed by atoms with van der Waals surface area (Å²) >= 11 is 1.49. The largest absolute Gasteiger partial charge is 0.424 e. The highest BCUT2D eigenvalue weighted by Gasteiger charge is 2.44. The van der Waals surface area contributed by atoms with Crippen molar-refractivity contribution >= 4 is 27.5 Å². The first kappa shape index (κ1) is 19.3. The summed E-state index contributed by atoms with van der Waals surface area (Å²) in [7, 11) is 0. The van der Waals surface area contributed by atoms with Crippen LogP contribution in [0.15, 0.2) is 40.9 Å². The topological polar surface area (TPSA) is 118 Å². The van der Waals surface area contributed by atoms with Crippen molar-refractivity contribution in [1.29, 1.82) is 5.26 Å². The molecule has 8 nitrogen and oxygen atoms in total. The fourth-order valence-electron chi connectivity index (χ4n) is 3.15. The van der Waals surface area contributed by atoms with Gasteiger partial charge in [-0.15, -0.1) is 21.5 Å². The van der Waals surface area contributed by atoms with Gasteiger partial charge < -0.3 is 9.73 Å². The molecule has 1 saturated carbocycles. The van der Waals surface area contributed by atoms with E-state index < -0.39 is 5.54 Å². The molecule has 1 amide bonds. The van der Waals surface area contributed by atoms with Crippen LogP contribution >= 0.6 is 11.3 Å². The highest BCUT2D eigenvalue weighted by Crippen LogP contribution is 2.34. The molecule has 1 aliphatic rings. The lowest BCUT2D eigenvalue weighted by Crippen LogP contribution is -2.36. The zero-order chi connectivity index (χ0) is 21.4. The molecule has 3 aromatic heterocycles. The Morgan fingerprint density at radius 3 is 2.84 bits per heavy atom. The minimum Gasteiger partial charge on any atom is -0.424 e. The lowest BCUT2D eigenvalue weighted by molar-refractivity contribution is -0.121. The van der Waals surface area contributed by atoms with Crippen molar-refractivity contribution in [3.05, 3.63) is 59.1 Å². The van der Waals surface area contributed by atoms with Crippen LogP contribution in [-0.2, 0) is 17.6 Å². The van der Waals surface area contributed by atoms with Crippen LogP contribution in [0, 0.1) is 17.1 Å². The number of fused-ring (bicyclic) bond motifs is 1. The van der Waals surface area contributed by atoms with Gasteiger partial charge in [-0.1, -0.05) is 6.07 Å². The van der Waals surface area contributed by atoms with Crippen LogP contribution in [0.4, 0.5) is 4.39 Å². The van der Waals surface area contributed by atoms with E-state index in [0.717, 1.165) is 20.8 Å². The molecule has 5 rings (SSSR count). The SMILES string of the molecule is N#CC1(NC(=O)Cc2nnc(Cc3nc4ccc(-c5ccc(F)cn5)cc4s3)o2)CC1. The maximum atomic E-state index is 13.1. The van der Waals surface area contributed by atoms with E-state index in [1.54, 1.807) is 6.07 Å². The average molecular weight is 434 g/mol. The first-order valence-electron chi connectivity index (χ1n) is 9.57. The Labute approximate surface area is 179 Å². The molecule has 0 saturated heterocycles. The number of aromatic nitrogens is 4. The van der Waals surface area contributed by atoms with E-state index in [1.165, 1.54) is 23.6 Å². The van der Waals surface area contributed by atoms with Gasteiger partial charge in [0.2, 0.25) is 17.7 Å². The summed E-state index contributed by atoms with van der Waals surface area (Å²) in [5, 5.41) is 20.5. The second-order valence-electron chi connectivity index (χ2n) is 7.34. The number of pyridine rings is 1. The smallest absolute Gasteiger partial charge is 0.230 e. The minimum absolute atomic E-state index is 0.0652. The highest BCUT2D eigenvalue weighted by molar-refractivity contribution is 7.18. The molecule has 1 aliphatic carbocycles. The zero-order valence-corrected chi connectivity index (χ0v) is 16.9. The molecule has 1 aromatic carbocycles. The molecule has 10 heteroatoms. The Kier molecular flexibility index (Phi) is 4.67. The maximum absolute atomic E-state index is 13.1. The van der Waals surface area contributed by atoms with Crippen molar-refractivity contribution in [2.75, 3.05) is 0 Å². The van der Waals surface area contributed by atoms with E-state index in [0.29, 0.717) is 30.8 Å². The van der Waals surface area contributed by atoms with Gasteiger partial charge in [-0.05, 0) is 37.1 Å². The number of carbonyl (C=O) groups is 1. The van der Waals surface area contributed by atoms with E-state index in [1.807, 2.05) is 18.2 Å². The van der Waals surface area contributed by atoms with Gasteiger partial charge >= 0.3 is 0 Å². The number of rotatable bonds is 6. The summed E-state index contributed by atoms with van der Waals surface area (Å²) in [6, 6.07) is 10.9. The van der Waals surface area contributed by atoms with Crippen molar-refractivity contribution in [2.45, 2.75) is 31.2 Å². The van der Waals surface area contributed by atoms with Gasteiger partial charge in [0.05, 0.1) is 34.6 Å². The normalized spacial score (nSPS) is 14.3. The summed E-state index contributed by atoms with van der Waals surface area (Å²) in [5.74, 6) is -0.120. The van der Waals surface area contributed by atoms with Crippen LogP contribution in [0.25, 0.3) is 21.5 Å². The standard InChI is InChI=1S/C21H15FN6O2S/c22-13-2-4-14(24-10-13)12-1-3-15-16(7-12)31-20(25-15)9-19-28-27-18(30-19)8-17(29)26-21(11-23)5-6-21/h1-4,7,10H,5-6,8-9H2,(H,26,29). The first-order valence-corrected chi connectivity index (χ1v) is 10.4. The second kappa shape index (κ2) is 7.52. The Morgan fingerprint density at radius 2 is 2.10 bits per heavy atom. The fraction of sp³-hybridized carbons (Fsp3) is 0.238. The summed E-state index contributed by atoms with van der Waals surface area (Å²) < 4.78 is 19.6. The summed E-state index contributed by atoms with van der Waals surface area (Å²) in [6.45, 7) is 0. The predicted octanol–water partition coefficient (Wildman–Crippen LogP) is 3.19. The molecule has 0 aliphatic heterocycles. The molecule has 1 fully saturated rings. The Hall–Kier alpha value is -3.71. The lowest BCUT2D eigenvalue weighted by Gasteiger charge is -2.06. The molecular weight excluding hydrogens is 419 g/mol. The van der Waals surface area contributed by atoms with E-state index in [4.69, 9.17) is 9.68 Å². The van der Waals surface area contributed by atoms with Gasteiger partial charge in [0.25, 0.3) is 0 Å². The van der Waals surface area contributed by atoms with Crippen molar-refractivity contribution in [1.82, 2.24) is 25.5 Å². The number of hydrogen-bond donors (Lipinski definition) is 1. The van der Waals surface area contributed by atoms with Crippen molar-refractivity contribution in [3.63, 3.8) is 0 Å². The van der Waals surface area contributed by atoms with Crippen LogP contribution in [0.3, 0.4) is 0 Å². The van der Waals surface area contributed by atoms with Crippen molar-refractivity contribution in [3.8, 4) is 17.3 Å². The van der Waals surface area contributed by atoms with Crippen LogP contribution < -0.4 is 5.32 Å². The molecule has 0 bridgehead atoms. The van der Waals surface area contributed by atoms with Crippen LogP contribution in [-0.4, -0.2) is 31.6 Å². The predicted molar refractivity (Wildman–Crippen MR) is 109 cm³/mol. The number of amides is 1. The number of nitriles is 1. The number of carbonyl (C=O) groups excluding carboxylic acids is 1. The number of benzene rings is 1. The molecule has 1 N–H and O–H groups in total. The minimum atomic E-state index is -0.719. The summed E-state index contributed by atoms with van der Waals surface area (Å²) in [4.78, 5) is 20.8. The molecule has 31 heavy (non-hydrogen) atoms. The third-order valence-electron chi connectivity index (χ3n) is 4.92. The van der Waals surface area contributed by atoms with Gasteiger partial charge in [-0.2, -0.15) is 5.26 Å². The van der Waals surface area contributed by atoms with E-state index >= 15 is 0 Å². The van der Waals surface area contributed by atoms with Gasteiger partial charge in [0.1, 0.15) is 22.8 Å². The molecule has 4 aromatic rings. The summed E-state index contributed by atoms with van der Waals surface area (Å²) in [5.41, 5.74) is 1.67. The Bertz CT molecular complexity index is 1320. The zero-order valence-electron chi connectivity index (χ0n) is 16.1. The number of hydrogen-bond acceptors (Lipinski definition) is 8. The van der Waals surface area contributed by atoms with Gasteiger partial charge in [0.15, 0.2) is 0 Å². The van der Waals surface area contributed by atoms with Crippen molar-refractivity contribution in [2.24, 2.45) is 0 Å². The molecule has 154 valence electrons. The lowest BCUT2D eigenvalue weighted by atomic mass is 10.1. The number of halogens is 1. The molecule has 3 heterocycles. The molecule has 0 spiro atoms. The quantitative estimate of drug-likeness (QED) is 0.495. The van der Waals surface area contributed by atoms with Gasteiger partial charge in [0, 0.05) is 5.56 Å². The van der Waals surface area contributed by atoms with Crippen LogP contribution in [0.5, 0.6) is 0 Å². The number of thiazole rings is 1. The second-order valence-corrected chi connectivity index (χ2v) is 8.45. The Morgan fingerprint density at radius 1 is 1.26 bits per heavy atom. The average Bonchev–Trinajstić information content (AvgIpc) is 3.20. The molecular formula is C21H15FN6O2S. The maximum Gasteiger partial charge on any atom is 0.230 e. The number of nitrogens with zero attached hydrogens (tertiary/aromatic N) is 5. The summed E-state index contributed by atoms with van der Waals surface area (Å²) in [6.07, 6.45) is 2.81. The van der Waals surface area contributed by atoms with Crippen molar-refractivity contribution < 1.29 is 13.6 Å². The van der Waals surface area contributed by atoms with Crippen LogP contribution in [0.1, 0.15) is 29.6 Å². The van der Waals surface area contributed by atoms with Gasteiger partial charge in [-0.25, -0.2) is 9.37 Å². The number of nitrogens with one attached hydrogen (secondary N) is 1. The molecule has 0 unspecified atom stereocenters. The van der Waals surface area contributed by atoms with Crippen LogP contribution in [0.2, 0.25) is 0 Å². The first-order chi connectivity index (χ1) is 15.0. The van der Waals surface area contributed by atoms with E-state index in [9.17, 15) is 9.18 Å². The van der Waals surface area contributed by atoms with Gasteiger partial charge in [-0.3, -0.25) is 9.78 Å².